The smallest absolute Gasteiger partial charge is 0.307 e. The Labute approximate surface area is 149 Å². The molecule has 1 aromatic heterocycles. The third-order valence-corrected chi connectivity index (χ3v) is 4.56. The second kappa shape index (κ2) is 6.75. The van der Waals surface area contributed by atoms with Crippen molar-refractivity contribution in [3.63, 3.8) is 0 Å². The summed E-state index contributed by atoms with van der Waals surface area (Å²) in [6.45, 7) is 2.44. The maximum absolute atomic E-state index is 11.4. The molecule has 4 nitrogen and oxygen atoms in total. The van der Waals surface area contributed by atoms with Crippen LogP contribution >= 0.6 is 23.2 Å². The summed E-state index contributed by atoms with van der Waals surface area (Å²) in [7, 11) is 0. The van der Waals surface area contributed by atoms with Crippen molar-refractivity contribution in [3.8, 4) is 17.0 Å². The summed E-state index contributed by atoms with van der Waals surface area (Å²) in [5.74, 6) is -0.225. The second-order valence-corrected chi connectivity index (χ2v) is 6.08. The van der Waals surface area contributed by atoms with Gasteiger partial charge in [0.1, 0.15) is 5.75 Å². The molecule has 0 bridgehead atoms. The van der Waals surface area contributed by atoms with E-state index in [4.69, 9.17) is 27.9 Å². The number of halogens is 2. The molecular weight excluding hydrogens is 349 g/mol. The molecule has 6 heteroatoms. The van der Waals surface area contributed by atoms with Crippen molar-refractivity contribution in [2.24, 2.45) is 0 Å². The van der Waals surface area contributed by atoms with E-state index < -0.39 is 5.97 Å². The molecule has 0 saturated heterocycles. The number of carboxylic acid groups (broad SMARTS) is 1. The zero-order chi connectivity index (χ0) is 17.3. The molecular formula is C18H15Cl2NO3. The zero-order valence-electron chi connectivity index (χ0n) is 12.9. The normalized spacial score (nSPS) is 11.0. The highest BCUT2D eigenvalue weighted by Gasteiger charge is 2.19. The molecule has 24 heavy (non-hydrogen) atoms. The molecule has 0 amide bonds. The third-order valence-electron chi connectivity index (χ3n) is 3.74. The highest BCUT2D eigenvalue weighted by Crippen LogP contribution is 2.38. The minimum absolute atomic E-state index is 0.131. The Kier molecular flexibility index (Phi) is 4.69. The van der Waals surface area contributed by atoms with Crippen molar-refractivity contribution in [2.75, 3.05) is 6.61 Å². The van der Waals surface area contributed by atoms with Crippen LogP contribution in [0.25, 0.3) is 22.2 Å². The first kappa shape index (κ1) is 16.7. The number of aromatic amines is 1. The molecule has 0 unspecified atom stereocenters. The SMILES string of the molecule is CCOc1ccc2[nH]c(-c3cccc(Cl)c3Cl)c(CC(=O)O)c2c1. The number of hydrogen-bond donors (Lipinski definition) is 2. The molecule has 3 rings (SSSR count). The van der Waals surface area contributed by atoms with E-state index in [1.54, 1.807) is 12.1 Å². The van der Waals surface area contributed by atoms with Crippen LogP contribution in [-0.4, -0.2) is 22.7 Å². The number of nitrogens with one attached hydrogen (secondary N) is 1. The average molecular weight is 364 g/mol. The van der Waals surface area contributed by atoms with Gasteiger partial charge < -0.3 is 14.8 Å². The molecule has 0 atom stereocenters. The van der Waals surface area contributed by atoms with E-state index in [0.717, 1.165) is 10.9 Å². The van der Waals surface area contributed by atoms with Gasteiger partial charge in [0.25, 0.3) is 0 Å². The summed E-state index contributed by atoms with van der Waals surface area (Å²) < 4.78 is 5.52. The van der Waals surface area contributed by atoms with E-state index in [9.17, 15) is 9.90 Å². The van der Waals surface area contributed by atoms with Gasteiger partial charge in [0.2, 0.25) is 0 Å². The zero-order valence-corrected chi connectivity index (χ0v) is 14.4. The lowest BCUT2D eigenvalue weighted by Crippen LogP contribution is -2.01. The fourth-order valence-corrected chi connectivity index (χ4v) is 3.14. The maximum Gasteiger partial charge on any atom is 0.307 e. The topological polar surface area (TPSA) is 62.3 Å². The van der Waals surface area contributed by atoms with Crippen LogP contribution in [0, 0.1) is 0 Å². The second-order valence-electron chi connectivity index (χ2n) is 5.29. The Balaban J connectivity index is 2.26. The van der Waals surface area contributed by atoms with Gasteiger partial charge >= 0.3 is 5.97 Å². The standard InChI is InChI=1S/C18H15Cl2NO3/c1-2-24-10-6-7-15-12(8-10)13(9-16(22)23)18(21-15)11-4-3-5-14(19)17(11)20/h3-8,21H,2,9H2,1H3,(H,22,23). The fraction of sp³-hybridized carbons (Fsp3) is 0.167. The summed E-state index contributed by atoms with van der Waals surface area (Å²) >= 11 is 12.4. The van der Waals surface area contributed by atoms with Gasteiger partial charge in [-0.3, -0.25) is 4.79 Å². The van der Waals surface area contributed by atoms with Crippen LogP contribution in [0.4, 0.5) is 0 Å². The quantitative estimate of drug-likeness (QED) is 0.657. The minimum atomic E-state index is -0.919. The van der Waals surface area contributed by atoms with Crippen LogP contribution < -0.4 is 4.74 Å². The van der Waals surface area contributed by atoms with Gasteiger partial charge in [0, 0.05) is 16.5 Å². The largest absolute Gasteiger partial charge is 0.494 e. The predicted molar refractivity (Wildman–Crippen MR) is 96.3 cm³/mol. The molecule has 2 N–H and O–H groups in total. The van der Waals surface area contributed by atoms with Gasteiger partial charge in [0.05, 0.1) is 28.8 Å². The summed E-state index contributed by atoms with van der Waals surface area (Å²) in [5, 5.41) is 10.9. The molecule has 124 valence electrons. The van der Waals surface area contributed by atoms with Crippen molar-refractivity contribution in [3.05, 3.63) is 52.0 Å². The van der Waals surface area contributed by atoms with Crippen LogP contribution in [0.2, 0.25) is 10.0 Å². The van der Waals surface area contributed by atoms with E-state index in [1.165, 1.54) is 0 Å². The van der Waals surface area contributed by atoms with E-state index >= 15 is 0 Å². The van der Waals surface area contributed by atoms with Gasteiger partial charge in [-0.1, -0.05) is 35.3 Å². The number of aliphatic carboxylic acids is 1. The van der Waals surface area contributed by atoms with Gasteiger partial charge in [-0.05, 0) is 36.8 Å². The molecule has 0 aliphatic carbocycles. The lowest BCUT2D eigenvalue weighted by atomic mass is 10.0. The number of ether oxygens (including phenoxy) is 1. The van der Waals surface area contributed by atoms with Crippen molar-refractivity contribution in [2.45, 2.75) is 13.3 Å². The maximum atomic E-state index is 11.4. The van der Waals surface area contributed by atoms with Crippen molar-refractivity contribution < 1.29 is 14.6 Å². The van der Waals surface area contributed by atoms with Crippen LogP contribution in [0.15, 0.2) is 36.4 Å². The Morgan fingerprint density at radius 2 is 2.04 bits per heavy atom. The van der Waals surface area contributed by atoms with E-state index in [-0.39, 0.29) is 6.42 Å². The summed E-state index contributed by atoms with van der Waals surface area (Å²) in [4.78, 5) is 14.6. The van der Waals surface area contributed by atoms with Crippen molar-refractivity contribution in [1.29, 1.82) is 0 Å². The Bertz CT molecular complexity index is 918. The Hall–Kier alpha value is -2.17. The van der Waals surface area contributed by atoms with Crippen LogP contribution in [0.1, 0.15) is 12.5 Å². The molecule has 0 aliphatic rings. The predicted octanol–water partition coefficient (Wildman–Crippen LogP) is 5.17. The highest BCUT2D eigenvalue weighted by molar-refractivity contribution is 6.43. The first-order chi connectivity index (χ1) is 11.5. The van der Waals surface area contributed by atoms with Crippen molar-refractivity contribution >= 4 is 40.1 Å². The molecule has 0 radical (unpaired) electrons. The number of H-pyrrole nitrogens is 1. The molecule has 0 fully saturated rings. The Morgan fingerprint density at radius 3 is 2.75 bits per heavy atom. The van der Waals surface area contributed by atoms with Gasteiger partial charge in [0.15, 0.2) is 0 Å². The summed E-state index contributed by atoms with van der Waals surface area (Å²) in [6.07, 6.45) is -0.131. The summed E-state index contributed by atoms with van der Waals surface area (Å²) in [5.41, 5.74) is 2.81. The molecule has 1 heterocycles. The monoisotopic (exact) mass is 363 g/mol. The number of benzene rings is 2. The first-order valence-electron chi connectivity index (χ1n) is 7.44. The molecule has 0 aliphatic heterocycles. The third kappa shape index (κ3) is 3.07. The lowest BCUT2D eigenvalue weighted by molar-refractivity contribution is -0.136. The van der Waals surface area contributed by atoms with Gasteiger partial charge in [-0.25, -0.2) is 0 Å². The lowest BCUT2D eigenvalue weighted by Gasteiger charge is -2.07. The molecule has 3 aromatic rings. The minimum Gasteiger partial charge on any atom is -0.494 e. The highest BCUT2D eigenvalue weighted by atomic mass is 35.5. The van der Waals surface area contributed by atoms with E-state index in [2.05, 4.69) is 4.98 Å². The van der Waals surface area contributed by atoms with Gasteiger partial charge in [-0.15, -0.1) is 0 Å². The molecule has 0 saturated carbocycles. The number of aromatic nitrogens is 1. The average Bonchev–Trinajstić information content (AvgIpc) is 2.88. The van der Waals surface area contributed by atoms with Crippen LogP contribution in [0.3, 0.4) is 0 Å². The van der Waals surface area contributed by atoms with Crippen LogP contribution in [0.5, 0.6) is 5.75 Å². The molecule has 2 aromatic carbocycles. The fourth-order valence-electron chi connectivity index (χ4n) is 2.74. The summed E-state index contributed by atoms with van der Waals surface area (Å²) in [6, 6.07) is 10.8. The van der Waals surface area contributed by atoms with Crippen molar-refractivity contribution in [1.82, 2.24) is 4.98 Å². The number of rotatable bonds is 5. The molecule has 0 spiro atoms. The number of carbonyl (C=O) groups is 1. The number of fused-ring (bicyclic) bond motifs is 1. The van der Waals surface area contributed by atoms with Gasteiger partial charge in [-0.2, -0.15) is 0 Å². The number of hydrogen-bond acceptors (Lipinski definition) is 2. The van der Waals surface area contributed by atoms with E-state index in [1.807, 2.05) is 31.2 Å². The van der Waals surface area contributed by atoms with Crippen LogP contribution in [-0.2, 0) is 11.2 Å². The number of carboxylic acids is 1. The van der Waals surface area contributed by atoms with E-state index in [0.29, 0.717) is 39.2 Å². The Morgan fingerprint density at radius 1 is 1.25 bits per heavy atom. The first-order valence-corrected chi connectivity index (χ1v) is 8.20.